The van der Waals surface area contributed by atoms with Crippen LogP contribution in [0.5, 0.6) is 0 Å². The van der Waals surface area contributed by atoms with Crippen LogP contribution in [0, 0.1) is 18.8 Å². The Morgan fingerprint density at radius 3 is 3.15 bits per heavy atom. The van der Waals surface area contributed by atoms with Crippen LogP contribution in [0.2, 0.25) is 0 Å². The van der Waals surface area contributed by atoms with Crippen molar-refractivity contribution in [3.63, 3.8) is 0 Å². The minimum Gasteiger partial charge on any atom is -0.395 e. The van der Waals surface area contributed by atoms with E-state index in [2.05, 4.69) is 27.4 Å². The van der Waals surface area contributed by atoms with Gasteiger partial charge in [-0.1, -0.05) is 11.8 Å². The number of nitrogens with zero attached hydrogens (tertiary/aromatic N) is 1. The summed E-state index contributed by atoms with van der Waals surface area (Å²) in [5, 5.41) is 20.1. The molecular weight excluding hydrogens is 274 g/mol. The molecule has 0 saturated carbocycles. The zero-order chi connectivity index (χ0) is 14.4. The topological polar surface area (TPSA) is 78.0 Å². The van der Waals surface area contributed by atoms with Crippen LogP contribution in [0.15, 0.2) is 17.6 Å². The molecule has 0 bridgehead atoms. The quantitative estimate of drug-likeness (QED) is 0.745. The van der Waals surface area contributed by atoms with Crippen molar-refractivity contribution in [2.24, 2.45) is 0 Å². The Hall–Kier alpha value is -2.10. The fourth-order valence-electron chi connectivity index (χ4n) is 1.61. The highest BCUT2D eigenvalue weighted by Gasteiger charge is 2.12. The summed E-state index contributed by atoms with van der Waals surface area (Å²) in [4.78, 5) is 12.7. The van der Waals surface area contributed by atoms with Crippen LogP contribution in [-0.4, -0.2) is 27.8 Å². The maximum Gasteiger partial charge on any atom is 0.262 e. The molecular formula is C14H15N3O2S. The number of aliphatic hydroxyl groups is 1. The van der Waals surface area contributed by atoms with Gasteiger partial charge in [0, 0.05) is 29.8 Å². The zero-order valence-corrected chi connectivity index (χ0v) is 11.9. The van der Waals surface area contributed by atoms with Gasteiger partial charge in [-0.3, -0.25) is 9.89 Å². The Labute approximate surface area is 121 Å². The third kappa shape index (κ3) is 3.47. The van der Waals surface area contributed by atoms with Crippen LogP contribution in [0.25, 0.3) is 0 Å². The van der Waals surface area contributed by atoms with E-state index in [4.69, 9.17) is 5.11 Å². The van der Waals surface area contributed by atoms with Crippen LogP contribution in [-0.2, 0) is 6.54 Å². The minimum atomic E-state index is -0.145. The van der Waals surface area contributed by atoms with Crippen molar-refractivity contribution in [2.75, 3.05) is 6.61 Å². The lowest BCUT2D eigenvalue weighted by molar-refractivity contribution is 0.0955. The van der Waals surface area contributed by atoms with Gasteiger partial charge in [0.25, 0.3) is 5.91 Å². The molecule has 2 aromatic rings. The number of aliphatic hydroxyl groups excluding tert-OH is 1. The standard InChI is InChI=1S/C14H15N3O2S/c1-10-12(9-16-17-10)8-15-14(19)13-11(5-7-20-13)4-2-3-6-18/h5,7,9,18H,3,6,8H2,1H3,(H,15,19)(H,16,17). The summed E-state index contributed by atoms with van der Waals surface area (Å²) in [6.07, 6.45) is 2.11. The molecule has 104 valence electrons. The molecule has 0 aliphatic rings. The number of aromatic nitrogens is 2. The summed E-state index contributed by atoms with van der Waals surface area (Å²) in [6.45, 7) is 2.37. The third-order valence-electron chi connectivity index (χ3n) is 2.71. The van der Waals surface area contributed by atoms with Gasteiger partial charge >= 0.3 is 0 Å². The normalized spacial score (nSPS) is 9.90. The summed E-state index contributed by atoms with van der Waals surface area (Å²) in [7, 11) is 0. The van der Waals surface area contributed by atoms with Crippen molar-refractivity contribution in [1.82, 2.24) is 15.5 Å². The molecule has 0 aliphatic heterocycles. The largest absolute Gasteiger partial charge is 0.395 e. The Morgan fingerprint density at radius 1 is 1.60 bits per heavy atom. The minimum absolute atomic E-state index is 0.0262. The first-order chi connectivity index (χ1) is 9.72. The Bertz CT molecular complexity index is 649. The fraction of sp³-hybridized carbons (Fsp3) is 0.286. The molecule has 3 N–H and O–H groups in total. The van der Waals surface area contributed by atoms with Crippen LogP contribution in [0.1, 0.15) is 32.9 Å². The van der Waals surface area contributed by atoms with Gasteiger partial charge in [0.15, 0.2) is 0 Å². The van der Waals surface area contributed by atoms with Gasteiger partial charge in [-0.2, -0.15) is 5.10 Å². The van der Waals surface area contributed by atoms with E-state index in [0.29, 0.717) is 23.4 Å². The highest BCUT2D eigenvalue weighted by Crippen LogP contribution is 2.16. The maximum atomic E-state index is 12.1. The van der Waals surface area contributed by atoms with Gasteiger partial charge in [-0.05, 0) is 18.4 Å². The van der Waals surface area contributed by atoms with E-state index >= 15 is 0 Å². The maximum absolute atomic E-state index is 12.1. The lowest BCUT2D eigenvalue weighted by Gasteiger charge is -2.03. The smallest absolute Gasteiger partial charge is 0.262 e. The molecule has 0 saturated heterocycles. The number of hydrogen-bond acceptors (Lipinski definition) is 4. The highest BCUT2D eigenvalue weighted by molar-refractivity contribution is 7.12. The number of carbonyl (C=O) groups is 1. The lowest BCUT2D eigenvalue weighted by atomic mass is 10.2. The first-order valence-corrected chi connectivity index (χ1v) is 7.04. The van der Waals surface area contributed by atoms with Crippen molar-refractivity contribution in [3.8, 4) is 11.8 Å². The molecule has 0 aliphatic carbocycles. The molecule has 5 nitrogen and oxygen atoms in total. The molecule has 0 spiro atoms. The van der Waals surface area contributed by atoms with E-state index in [1.54, 1.807) is 6.20 Å². The molecule has 2 heterocycles. The molecule has 2 aromatic heterocycles. The second-order valence-electron chi connectivity index (χ2n) is 4.14. The number of rotatable bonds is 4. The van der Waals surface area contributed by atoms with E-state index in [-0.39, 0.29) is 12.5 Å². The number of aromatic amines is 1. The van der Waals surface area contributed by atoms with Gasteiger partial charge in [0.2, 0.25) is 0 Å². The monoisotopic (exact) mass is 289 g/mol. The second-order valence-corrected chi connectivity index (χ2v) is 5.06. The molecule has 0 fully saturated rings. The Kier molecular flexibility index (Phi) is 4.93. The zero-order valence-electron chi connectivity index (χ0n) is 11.1. The number of carbonyl (C=O) groups excluding carboxylic acids is 1. The number of hydrogen-bond donors (Lipinski definition) is 3. The molecule has 0 unspecified atom stereocenters. The van der Waals surface area contributed by atoms with E-state index < -0.39 is 0 Å². The van der Waals surface area contributed by atoms with Gasteiger partial charge in [-0.15, -0.1) is 11.3 Å². The second kappa shape index (κ2) is 6.89. The SMILES string of the molecule is Cc1[nH]ncc1CNC(=O)c1sccc1C#CCCO. The van der Waals surface area contributed by atoms with Crippen molar-refractivity contribution >= 4 is 17.2 Å². The first kappa shape index (κ1) is 14.3. The van der Waals surface area contributed by atoms with E-state index in [1.807, 2.05) is 18.4 Å². The fourth-order valence-corrected chi connectivity index (χ4v) is 2.37. The molecule has 1 amide bonds. The number of amides is 1. The van der Waals surface area contributed by atoms with Crippen molar-refractivity contribution in [2.45, 2.75) is 19.9 Å². The van der Waals surface area contributed by atoms with E-state index in [0.717, 1.165) is 11.3 Å². The predicted molar refractivity (Wildman–Crippen MR) is 77.4 cm³/mol. The summed E-state index contributed by atoms with van der Waals surface area (Å²) < 4.78 is 0. The number of thiophene rings is 1. The first-order valence-electron chi connectivity index (χ1n) is 6.16. The highest BCUT2D eigenvalue weighted by atomic mass is 32.1. The van der Waals surface area contributed by atoms with Crippen molar-refractivity contribution in [1.29, 1.82) is 0 Å². The van der Waals surface area contributed by atoms with Crippen molar-refractivity contribution < 1.29 is 9.90 Å². The lowest BCUT2D eigenvalue weighted by Crippen LogP contribution is -2.22. The summed E-state index contributed by atoms with van der Waals surface area (Å²) in [5.74, 6) is 5.58. The molecule has 0 radical (unpaired) electrons. The summed E-state index contributed by atoms with van der Waals surface area (Å²) >= 11 is 1.36. The molecule has 0 aromatic carbocycles. The number of H-pyrrole nitrogens is 1. The van der Waals surface area contributed by atoms with Crippen molar-refractivity contribution in [3.05, 3.63) is 39.3 Å². The van der Waals surface area contributed by atoms with Gasteiger partial charge in [-0.25, -0.2) is 0 Å². The van der Waals surface area contributed by atoms with Gasteiger partial charge in [0.05, 0.1) is 12.8 Å². The summed E-state index contributed by atoms with van der Waals surface area (Å²) in [5.41, 5.74) is 2.60. The molecule has 6 heteroatoms. The molecule has 2 rings (SSSR count). The van der Waals surface area contributed by atoms with Crippen LogP contribution < -0.4 is 5.32 Å². The van der Waals surface area contributed by atoms with E-state index in [9.17, 15) is 4.79 Å². The average Bonchev–Trinajstić information content (AvgIpc) is 3.05. The third-order valence-corrected chi connectivity index (χ3v) is 3.62. The predicted octanol–water partition coefficient (Wildman–Crippen LogP) is 1.44. The van der Waals surface area contributed by atoms with Gasteiger partial charge in [0.1, 0.15) is 4.88 Å². The Balaban J connectivity index is 2.01. The van der Waals surface area contributed by atoms with Crippen LogP contribution in [0.4, 0.5) is 0 Å². The molecule has 0 atom stereocenters. The Morgan fingerprint density at radius 2 is 2.45 bits per heavy atom. The van der Waals surface area contributed by atoms with Crippen LogP contribution in [0.3, 0.4) is 0 Å². The molecule has 20 heavy (non-hydrogen) atoms. The number of nitrogens with one attached hydrogen (secondary N) is 2. The summed E-state index contributed by atoms with van der Waals surface area (Å²) in [6, 6.07) is 1.81. The average molecular weight is 289 g/mol. The van der Waals surface area contributed by atoms with Crippen LogP contribution >= 0.6 is 11.3 Å². The van der Waals surface area contributed by atoms with Gasteiger partial charge < -0.3 is 10.4 Å². The van der Waals surface area contributed by atoms with E-state index in [1.165, 1.54) is 11.3 Å². The number of aryl methyl sites for hydroxylation is 1.